The maximum atomic E-state index is 13.6. The quantitative estimate of drug-likeness (QED) is 0.119. The van der Waals surface area contributed by atoms with Crippen LogP contribution in [0.25, 0.3) is 22.3 Å². The van der Waals surface area contributed by atoms with E-state index in [0.29, 0.717) is 0 Å². The van der Waals surface area contributed by atoms with Gasteiger partial charge in [-0.05, 0) is 18.2 Å². The first-order chi connectivity index (χ1) is 20.8. The second-order valence-corrected chi connectivity index (χ2v) is 10.3. The van der Waals surface area contributed by atoms with Crippen molar-refractivity contribution in [3.63, 3.8) is 0 Å². The number of aliphatic hydroxyl groups excluding tert-OH is 7. The molecule has 3 heterocycles. The number of benzene rings is 2. The van der Waals surface area contributed by atoms with Gasteiger partial charge in [-0.15, -0.1) is 0 Å². The number of aliphatic hydroxyl groups is 7. The maximum Gasteiger partial charge on any atom is 0.239 e. The van der Waals surface area contributed by atoms with Gasteiger partial charge in [-0.25, -0.2) is 0 Å². The Bertz CT molecular complexity index is 1560. The second kappa shape index (κ2) is 12.3. The van der Waals surface area contributed by atoms with Gasteiger partial charge in [0.15, 0.2) is 23.5 Å². The van der Waals surface area contributed by atoms with Crippen molar-refractivity contribution in [3.8, 4) is 40.1 Å². The molecule has 0 unspecified atom stereocenters. The highest BCUT2D eigenvalue weighted by molar-refractivity contribution is 5.88. The molecule has 0 saturated carbocycles. The van der Waals surface area contributed by atoms with Crippen molar-refractivity contribution < 1.29 is 79.5 Å². The predicted octanol–water partition coefficient (Wildman–Crippen LogP) is -2.71. The zero-order valence-electron chi connectivity index (χ0n) is 22.4. The zero-order chi connectivity index (χ0) is 32.0. The smallest absolute Gasteiger partial charge is 0.239 e. The van der Waals surface area contributed by atoms with Crippen molar-refractivity contribution in [2.24, 2.45) is 0 Å². The third-order valence-electron chi connectivity index (χ3n) is 7.33. The van der Waals surface area contributed by atoms with Crippen LogP contribution in [0.3, 0.4) is 0 Å². The molecule has 0 amide bonds. The maximum absolute atomic E-state index is 13.6. The monoisotopic (exact) mass is 626 g/mol. The standard InChI is InChI=1S/C27H30O17/c28-6-14-17(33)20(36)22(38)26(42-14)40-7-15-18(34)21(37)23(39)27(43-15)44-25-19(35)16-12(32)4-9(29)5-13(16)41-24(25)8-1-2-10(30)11(31)3-8/h1-5,14-15,17-18,20-23,26-34,36-39H,6-7H2/t14-,15-,17-,18-,20+,21+,22-,23-,26-,27+/m1/s1. The van der Waals surface area contributed by atoms with E-state index >= 15 is 0 Å². The molecule has 2 aliphatic rings. The minimum absolute atomic E-state index is 0.0504. The van der Waals surface area contributed by atoms with Crippen LogP contribution < -0.4 is 10.2 Å². The molecule has 10 atom stereocenters. The summed E-state index contributed by atoms with van der Waals surface area (Å²) >= 11 is 0. The number of fused-ring (bicyclic) bond motifs is 1. The fraction of sp³-hybridized carbons (Fsp3) is 0.444. The fourth-order valence-corrected chi connectivity index (χ4v) is 4.89. The zero-order valence-corrected chi connectivity index (χ0v) is 22.4. The lowest BCUT2D eigenvalue weighted by Gasteiger charge is -2.42. The van der Waals surface area contributed by atoms with Crippen LogP contribution in [0.1, 0.15) is 0 Å². The Balaban J connectivity index is 1.47. The summed E-state index contributed by atoms with van der Waals surface area (Å²) in [5.74, 6) is -3.44. The normalized spacial score (nSPS) is 32.5. The highest BCUT2D eigenvalue weighted by Crippen LogP contribution is 2.39. The van der Waals surface area contributed by atoms with Gasteiger partial charge in [-0.3, -0.25) is 4.79 Å². The van der Waals surface area contributed by atoms with Gasteiger partial charge >= 0.3 is 0 Å². The molecule has 0 aliphatic carbocycles. The summed E-state index contributed by atoms with van der Waals surface area (Å²) in [7, 11) is 0. The van der Waals surface area contributed by atoms with Gasteiger partial charge in [-0.2, -0.15) is 0 Å². The summed E-state index contributed by atoms with van der Waals surface area (Å²) in [6.45, 7) is -1.42. The summed E-state index contributed by atoms with van der Waals surface area (Å²) in [5.41, 5.74) is -1.41. The van der Waals surface area contributed by atoms with E-state index < -0.39 is 120 Å². The summed E-state index contributed by atoms with van der Waals surface area (Å²) in [4.78, 5) is 13.6. The molecule has 5 rings (SSSR count). The third-order valence-corrected chi connectivity index (χ3v) is 7.33. The third kappa shape index (κ3) is 5.73. The van der Waals surface area contributed by atoms with Gasteiger partial charge in [0.1, 0.15) is 71.3 Å². The molecule has 1 aromatic heterocycles. The SMILES string of the molecule is O=c1c(O[C@@H]2O[C@H](CO[C@@H]3O[C@H](CO)[C@@H](O)[C@H](O)[C@H]3O)[C@@H](O)[C@H](O)[C@H]2O)c(-c2ccc(O)c(O)c2)oc2cc(O)cc(O)c12. The first-order valence-corrected chi connectivity index (χ1v) is 13.2. The first kappa shape index (κ1) is 31.7. The van der Waals surface area contributed by atoms with Crippen molar-refractivity contribution in [3.05, 3.63) is 40.6 Å². The van der Waals surface area contributed by atoms with Crippen molar-refractivity contribution in [2.75, 3.05) is 13.2 Å². The van der Waals surface area contributed by atoms with Crippen LogP contribution in [-0.2, 0) is 14.2 Å². The van der Waals surface area contributed by atoms with Crippen molar-refractivity contribution in [1.82, 2.24) is 0 Å². The van der Waals surface area contributed by atoms with E-state index in [1.54, 1.807) is 0 Å². The molecule has 3 aromatic rings. The van der Waals surface area contributed by atoms with Crippen LogP contribution >= 0.6 is 0 Å². The largest absolute Gasteiger partial charge is 0.508 e. The molecule has 2 aromatic carbocycles. The van der Waals surface area contributed by atoms with Crippen LogP contribution in [0.15, 0.2) is 39.5 Å². The van der Waals surface area contributed by atoms with Crippen LogP contribution in [0.5, 0.6) is 28.7 Å². The first-order valence-electron chi connectivity index (χ1n) is 13.2. The molecule has 17 heteroatoms. The summed E-state index contributed by atoms with van der Waals surface area (Å²) in [6.07, 6.45) is -17.4. The summed E-state index contributed by atoms with van der Waals surface area (Å²) in [5, 5.41) is 111. The molecule has 17 nitrogen and oxygen atoms in total. The average molecular weight is 627 g/mol. The average Bonchev–Trinajstić information content (AvgIpc) is 2.98. The van der Waals surface area contributed by atoms with Crippen molar-refractivity contribution in [1.29, 1.82) is 0 Å². The predicted molar refractivity (Wildman–Crippen MR) is 142 cm³/mol. The van der Waals surface area contributed by atoms with Gasteiger partial charge in [0.25, 0.3) is 0 Å². The van der Waals surface area contributed by atoms with E-state index in [0.717, 1.165) is 24.3 Å². The van der Waals surface area contributed by atoms with Crippen LogP contribution in [0.4, 0.5) is 0 Å². The van der Waals surface area contributed by atoms with Gasteiger partial charge < -0.3 is 79.5 Å². The van der Waals surface area contributed by atoms with E-state index in [-0.39, 0.29) is 11.1 Å². The van der Waals surface area contributed by atoms with Gasteiger partial charge in [0.05, 0.1) is 13.2 Å². The Morgan fingerprint density at radius 2 is 1.34 bits per heavy atom. The van der Waals surface area contributed by atoms with E-state index in [9.17, 15) is 61.0 Å². The van der Waals surface area contributed by atoms with Crippen LogP contribution in [0, 0.1) is 0 Å². The molecule has 2 saturated heterocycles. The molecule has 0 bridgehead atoms. The number of hydrogen-bond donors (Lipinski definition) is 11. The van der Waals surface area contributed by atoms with Crippen LogP contribution in [0.2, 0.25) is 0 Å². The number of hydrogen-bond acceptors (Lipinski definition) is 17. The molecular formula is C27H30O17. The Labute approximate surface area is 246 Å². The minimum Gasteiger partial charge on any atom is -0.508 e. The number of ether oxygens (including phenoxy) is 4. The summed E-state index contributed by atoms with van der Waals surface area (Å²) in [6, 6.07) is 5.17. The fourth-order valence-electron chi connectivity index (χ4n) is 4.89. The lowest BCUT2D eigenvalue weighted by atomic mass is 9.98. The minimum atomic E-state index is -2.00. The molecule has 0 spiro atoms. The number of rotatable bonds is 7. The summed E-state index contributed by atoms with van der Waals surface area (Å²) < 4.78 is 27.6. The van der Waals surface area contributed by atoms with E-state index in [2.05, 4.69) is 0 Å². The lowest BCUT2D eigenvalue weighted by molar-refractivity contribution is -0.323. The molecule has 2 aliphatic heterocycles. The molecule has 2 fully saturated rings. The molecule has 240 valence electrons. The highest BCUT2D eigenvalue weighted by atomic mass is 16.7. The number of phenolic OH excluding ortho intramolecular Hbond substituents is 4. The molecule has 0 radical (unpaired) electrons. The van der Waals surface area contributed by atoms with E-state index in [4.69, 9.17) is 23.4 Å². The second-order valence-electron chi connectivity index (χ2n) is 10.3. The van der Waals surface area contributed by atoms with Gasteiger partial charge in [0.2, 0.25) is 17.5 Å². The topological polar surface area (TPSA) is 290 Å². The molecule has 44 heavy (non-hydrogen) atoms. The molecular weight excluding hydrogens is 596 g/mol. The number of phenols is 4. The van der Waals surface area contributed by atoms with Crippen LogP contribution in [-0.4, -0.2) is 131 Å². The van der Waals surface area contributed by atoms with E-state index in [1.807, 2.05) is 0 Å². The van der Waals surface area contributed by atoms with Crippen molar-refractivity contribution in [2.45, 2.75) is 61.4 Å². The van der Waals surface area contributed by atoms with Crippen molar-refractivity contribution >= 4 is 11.0 Å². The Morgan fingerprint density at radius 1 is 0.705 bits per heavy atom. The Kier molecular flexibility index (Phi) is 8.87. The Hall–Kier alpha value is -3.75. The Morgan fingerprint density at radius 3 is 2.00 bits per heavy atom. The van der Waals surface area contributed by atoms with E-state index in [1.165, 1.54) is 6.07 Å². The van der Waals surface area contributed by atoms with Gasteiger partial charge in [-0.1, -0.05) is 0 Å². The highest BCUT2D eigenvalue weighted by Gasteiger charge is 2.48. The lowest BCUT2D eigenvalue weighted by Crippen LogP contribution is -2.62. The number of aromatic hydroxyl groups is 4. The van der Waals surface area contributed by atoms with Gasteiger partial charge in [0, 0.05) is 17.7 Å². The molecule has 11 N–H and O–H groups in total.